The number of aromatic nitrogens is 2. The van der Waals surface area contributed by atoms with Crippen molar-refractivity contribution < 1.29 is 0 Å². The van der Waals surface area contributed by atoms with Gasteiger partial charge in [-0.25, -0.2) is 4.98 Å². The number of halogens is 1. The zero-order chi connectivity index (χ0) is 10.7. The fourth-order valence-corrected chi connectivity index (χ4v) is 1.56. The lowest BCUT2D eigenvalue weighted by molar-refractivity contribution is 0.945. The van der Waals surface area contributed by atoms with E-state index in [4.69, 9.17) is 0 Å². The Kier molecular flexibility index (Phi) is 2.97. The van der Waals surface area contributed by atoms with Crippen LogP contribution < -0.4 is 5.56 Å². The van der Waals surface area contributed by atoms with Crippen LogP contribution in [0.15, 0.2) is 45.8 Å². The van der Waals surface area contributed by atoms with Crippen LogP contribution in [0, 0.1) is 0 Å². The van der Waals surface area contributed by atoms with Crippen LogP contribution in [0.4, 0.5) is 0 Å². The summed E-state index contributed by atoms with van der Waals surface area (Å²) in [4.78, 5) is 17.8. The van der Waals surface area contributed by atoms with Gasteiger partial charge in [0.15, 0.2) is 0 Å². The first-order valence-corrected chi connectivity index (χ1v) is 5.32. The molecule has 1 aromatic carbocycles. The molecule has 2 aromatic rings. The van der Waals surface area contributed by atoms with E-state index in [0.29, 0.717) is 12.2 Å². The van der Waals surface area contributed by atoms with E-state index in [0.717, 1.165) is 10.0 Å². The Hall–Kier alpha value is -1.42. The van der Waals surface area contributed by atoms with Crippen LogP contribution in [0.25, 0.3) is 0 Å². The molecule has 3 nitrogen and oxygen atoms in total. The highest BCUT2D eigenvalue weighted by Gasteiger charge is 1.97. The lowest BCUT2D eigenvalue weighted by Gasteiger charge is -2.00. The van der Waals surface area contributed by atoms with Gasteiger partial charge >= 0.3 is 0 Å². The summed E-state index contributed by atoms with van der Waals surface area (Å²) in [5.74, 6) is 0.685. The molecule has 1 N–H and O–H groups in total. The van der Waals surface area contributed by atoms with Gasteiger partial charge in [0.2, 0.25) is 0 Å². The van der Waals surface area contributed by atoms with Crippen LogP contribution in [0.3, 0.4) is 0 Å². The predicted octanol–water partition coefficient (Wildman–Crippen LogP) is 2.12. The highest BCUT2D eigenvalue weighted by molar-refractivity contribution is 9.10. The van der Waals surface area contributed by atoms with Crippen molar-refractivity contribution in [1.82, 2.24) is 9.97 Å². The van der Waals surface area contributed by atoms with Crippen LogP contribution in [0.2, 0.25) is 0 Å². The van der Waals surface area contributed by atoms with Crippen molar-refractivity contribution in [3.8, 4) is 0 Å². The van der Waals surface area contributed by atoms with E-state index in [2.05, 4.69) is 25.9 Å². The summed E-state index contributed by atoms with van der Waals surface area (Å²) in [5, 5.41) is 0. The number of nitrogens with one attached hydrogen (secondary N) is 1. The van der Waals surface area contributed by atoms with Crippen molar-refractivity contribution in [2.75, 3.05) is 0 Å². The third-order valence-corrected chi connectivity index (χ3v) is 2.54. The van der Waals surface area contributed by atoms with Crippen molar-refractivity contribution in [3.63, 3.8) is 0 Å². The average Bonchev–Trinajstić information content (AvgIpc) is 2.22. The van der Waals surface area contributed by atoms with Gasteiger partial charge in [-0.1, -0.05) is 28.1 Å². The molecule has 76 valence electrons. The van der Waals surface area contributed by atoms with Gasteiger partial charge in [0.05, 0.1) is 0 Å². The molecule has 0 fully saturated rings. The Morgan fingerprint density at radius 1 is 1.20 bits per heavy atom. The summed E-state index contributed by atoms with van der Waals surface area (Å²) >= 11 is 3.37. The second-order valence-electron chi connectivity index (χ2n) is 3.18. The smallest absolute Gasteiger partial charge is 0.250 e. The van der Waals surface area contributed by atoms with E-state index in [1.807, 2.05) is 24.3 Å². The Balaban J connectivity index is 2.22. The second kappa shape index (κ2) is 4.40. The van der Waals surface area contributed by atoms with Crippen molar-refractivity contribution in [3.05, 3.63) is 62.7 Å². The van der Waals surface area contributed by atoms with E-state index in [1.165, 1.54) is 12.3 Å². The number of rotatable bonds is 2. The fourth-order valence-electron chi connectivity index (χ4n) is 1.30. The normalized spacial score (nSPS) is 10.2. The number of H-pyrrole nitrogens is 1. The highest BCUT2D eigenvalue weighted by Crippen LogP contribution is 2.11. The van der Waals surface area contributed by atoms with E-state index < -0.39 is 0 Å². The minimum absolute atomic E-state index is 0.114. The zero-order valence-corrected chi connectivity index (χ0v) is 9.49. The van der Waals surface area contributed by atoms with E-state index >= 15 is 0 Å². The summed E-state index contributed by atoms with van der Waals surface area (Å²) in [6, 6.07) is 9.34. The number of nitrogens with zero attached hydrogens (tertiary/aromatic N) is 1. The van der Waals surface area contributed by atoms with Gasteiger partial charge in [0, 0.05) is 23.2 Å². The molecule has 0 spiro atoms. The minimum atomic E-state index is -0.114. The van der Waals surface area contributed by atoms with Gasteiger partial charge in [-0.05, 0) is 17.7 Å². The Morgan fingerprint density at radius 3 is 2.60 bits per heavy atom. The number of hydrogen-bond donors (Lipinski definition) is 1. The molecule has 0 saturated carbocycles. The molecule has 1 heterocycles. The third kappa shape index (κ3) is 2.76. The fraction of sp³-hybridized carbons (Fsp3) is 0.0909. The van der Waals surface area contributed by atoms with Crippen molar-refractivity contribution in [2.45, 2.75) is 6.42 Å². The highest BCUT2D eigenvalue weighted by atomic mass is 79.9. The molecule has 0 amide bonds. The van der Waals surface area contributed by atoms with Gasteiger partial charge in [-0.2, -0.15) is 0 Å². The zero-order valence-electron chi connectivity index (χ0n) is 7.90. The maximum atomic E-state index is 11.0. The van der Waals surface area contributed by atoms with Crippen LogP contribution >= 0.6 is 15.9 Å². The van der Waals surface area contributed by atoms with Crippen LogP contribution in [-0.2, 0) is 6.42 Å². The topological polar surface area (TPSA) is 45.8 Å². The van der Waals surface area contributed by atoms with E-state index in [9.17, 15) is 4.79 Å². The maximum absolute atomic E-state index is 11.0. The Labute approximate surface area is 95.3 Å². The molecule has 0 saturated heterocycles. The molecule has 0 aliphatic rings. The number of hydrogen-bond acceptors (Lipinski definition) is 2. The molecular formula is C11H9BrN2O. The SMILES string of the molecule is O=c1ccnc(Cc2ccc(Br)cc2)[nH]1. The predicted molar refractivity (Wildman–Crippen MR) is 61.8 cm³/mol. The second-order valence-corrected chi connectivity index (χ2v) is 4.10. The van der Waals surface area contributed by atoms with Crippen molar-refractivity contribution in [1.29, 1.82) is 0 Å². The first kappa shape index (κ1) is 10.1. The molecule has 4 heteroatoms. The molecule has 0 aliphatic carbocycles. The maximum Gasteiger partial charge on any atom is 0.250 e. The number of aromatic amines is 1. The van der Waals surface area contributed by atoms with Gasteiger partial charge in [0.25, 0.3) is 5.56 Å². The molecular weight excluding hydrogens is 256 g/mol. The number of benzene rings is 1. The molecule has 2 rings (SSSR count). The molecule has 0 atom stereocenters. The van der Waals surface area contributed by atoms with Gasteiger partial charge < -0.3 is 4.98 Å². The lowest BCUT2D eigenvalue weighted by atomic mass is 10.1. The van der Waals surface area contributed by atoms with Crippen molar-refractivity contribution >= 4 is 15.9 Å². The first-order chi connectivity index (χ1) is 7.24. The summed E-state index contributed by atoms with van der Waals surface area (Å²) in [7, 11) is 0. The summed E-state index contributed by atoms with van der Waals surface area (Å²) < 4.78 is 1.04. The Bertz CT molecular complexity index is 504. The summed E-state index contributed by atoms with van der Waals surface area (Å²) in [6.07, 6.45) is 2.16. The van der Waals surface area contributed by atoms with Crippen molar-refractivity contribution in [2.24, 2.45) is 0 Å². The largest absolute Gasteiger partial charge is 0.310 e. The molecule has 0 radical (unpaired) electrons. The van der Waals surface area contributed by atoms with E-state index in [-0.39, 0.29) is 5.56 Å². The summed E-state index contributed by atoms with van der Waals surface area (Å²) in [6.45, 7) is 0. The van der Waals surface area contributed by atoms with Crippen LogP contribution in [0.1, 0.15) is 11.4 Å². The monoisotopic (exact) mass is 264 g/mol. The first-order valence-electron chi connectivity index (χ1n) is 4.53. The minimum Gasteiger partial charge on any atom is -0.310 e. The standard InChI is InChI=1S/C11H9BrN2O/c12-9-3-1-8(2-4-9)7-10-13-6-5-11(15)14-10/h1-6H,7H2,(H,13,14,15). The van der Waals surface area contributed by atoms with Crippen LogP contribution in [0.5, 0.6) is 0 Å². The van der Waals surface area contributed by atoms with Crippen LogP contribution in [-0.4, -0.2) is 9.97 Å². The van der Waals surface area contributed by atoms with Gasteiger partial charge in [-0.15, -0.1) is 0 Å². The Morgan fingerprint density at radius 2 is 1.93 bits per heavy atom. The molecule has 1 aromatic heterocycles. The summed E-state index contributed by atoms with van der Waals surface area (Å²) in [5.41, 5.74) is 1.00. The molecule has 0 aliphatic heterocycles. The van der Waals surface area contributed by atoms with E-state index in [1.54, 1.807) is 0 Å². The van der Waals surface area contributed by atoms with Gasteiger partial charge in [-0.3, -0.25) is 4.79 Å². The average molecular weight is 265 g/mol. The van der Waals surface area contributed by atoms with Gasteiger partial charge in [0.1, 0.15) is 5.82 Å². The molecule has 15 heavy (non-hydrogen) atoms. The quantitative estimate of drug-likeness (QED) is 0.904. The molecule has 0 bridgehead atoms. The molecule has 0 unspecified atom stereocenters. The third-order valence-electron chi connectivity index (χ3n) is 2.01. The lowest BCUT2D eigenvalue weighted by Crippen LogP contribution is -2.09.